The molecule has 0 radical (unpaired) electrons. The number of morpholine rings is 1. The molecule has 3 aliphatic heterocycles. The number of aliphatic imine (C=N–C) groups is 1. The van der Waals surface area contributed by atoms with E-state index in [1.165, 1.54) is 42.8 Å². The van der Waals surface area contributed by atoms with Crippen LogP contribution in [-0.4, -0.2) is 85.8 Å². The van der Waals surface area contributed by atoms with Crippen molar-refractivity contribution in [2.45, 2.75) is 31.2 Å². The number of hydrogen-bond donors (Lipinski definition) is 1. The lowest BCUT2D eigenvalue weighted by Gasteiger charge is -2.44. The van der Waals surface area contributed by atoms with Gasteiger partial charge in [-0.15, -0.1) is 24.0 Å². The highest BCUT2D eigenvalue weighted by atomic mass is 127. The molecular weight excluding hydrogens is 507 g/mol. The topological polar surface area (TPSA) is 40.1 Å². The minimum absolute atomic E-state index is 0. The quantitative estimate of drug-likeness (QED) is 0.350. The number of halogens is 1. The Bertz CT molecular complexity index is 654. The Labute approximate surface area is 203 Å². The first-order chi connectivity index (χ1) is 14.3. The largest absolute Gasteiger partial charge is 0.379 e. The van der Waals surface area contributed by atoms with Gasteiger partial charge in [0, 0.05) is 51.1 Å². The molecule has 3 aliphatic rings. The van der Waals surface area contributed by atoms with Crippen molar-refractivity contribution in [3.05, 3.63) is 35.9 Å². The normalized spacial score (nSPS) is 26.4. The Hall–Kier alpha value is -0.510. The molecule has 30 heavy (non-hydrogen) atoms. The smallest absolute Gasteiger partial charge is 0.193 e. The summed E-state index contributed by atoms with van der Waals surface area (Å²) in [6, 6.07) is 10.9. The summed E-state index contributed by atoms with van der Waals surface area (Å²) in [5, 5.41) is 3.76. The van der Waals surface area contributed by atoms with Gasteiger partial charge in [0.1, 0.15) is 0 Å². The number of nitrogens with one attached hydrogen (secondary N) is 1. The third-order valence-electron chi connectivity index (χ3n) is 6.83. The van der Waals surface area contributed by atoms with Crippen molar-refractivity contribution in [3.63, 3.8) is 0 Å². The van der Waals surface area contributed by atoms with Crippen LogP contribution in [0.25, 0.3) is 0 Å². The lowest BCUT2D eigenvalue weighted by molar-refractivity contribution is -0.0122. The molecule has 0 spiro atoms. The van der Waals surface area contributed by atoms with Crippen LogP contribution < -0.4 is 5.32 Å². The van der Waals surface area contributed by atoms with Crippen molar-refractivity contribution in [1.29, 1.82) is 0 Å². The first-order valence-corrected chi connectivity index (χ1v) is 12.3. The summed E-state index contributed by atoms with van der Waals surface area (Å²) >= 11 is 2.09. The number of guanidine groups is 1. The van der Waals surface area contributed by atoms with Gasteiger partial charge >= 0.3 is 0 Å². The Morgan fingerprint density at radius 1 is 1.17 bits per heavy atom. The van der Waals surface area contributed by atoms with E-state index in [0.717, 1.165) is 57.8 Å². The second-order valence-corrected chi connectivity index (χ2v) is 9.75. The van der Waals surface area contributed by atoms with Gasteiger partial charge in [0.15, 0.2) is 5.96 Å². The van der Waals surface area contributed by atoms with Crippen molar-refractivity contribution >= 4 is 41.7 Å². The van der Waals surface area contributed by atoms with Crippen LogP contribution in [-0.2, 0) is 11.2 Å². The Morgan fingerprint density at radius 3 is 2.53 bits per heavy atom. The van der Waals surface area contributed by atoms with Crippen molar-refractivity contribution in [1.82, 2.24) is 15.1 Å². The zero-order valence-electron chi connectivity index (χ0n) is 18.2. The number of ether oxygens (including phenoxy) is 1. The van der Waals surface area contributed by atoms with E-state index in [1.54, 1.807) is 0 Å². The molecule has 1 unspecified atom stereocenters. The van der Waals surface area contributed by atoms with Crippen molar-refractivity contribution in [3.8, 4) is 0 Å². The summed E-state index contributed by atoms with van der Waals surface area (Å²) in [4.78, 5) is 9.78. The van der Waals surface area contributed by atoms with E-state index in [-0.39, 0.29) is 29.5 Å². The van der Waals surface area contributed by atoms with Crippen LogP contribution in [0.1, 0.15) is 24.8 Å². The third-order valence-corrected chi connectivity index (χ3v) is 8.07. The fourth-order valence-corrected chi connectivity index (χ4v) is 6.48. The molecule has 1 N–H and O–H groups in total. The lowest BCUT2D eigenvalue weighted by atomic mass is 9.90. The number of likely N-dealkylation sites (tertiary alicyclic amines) is 1. The van der Waals surface area contributed by atoms with Crippen LogP contribution >= 0.6 is 35.7 Å². The van der Waals surface area contributed by atoms with Gasteiger partial charge in [-0.05, 0) is 42.9 Å². The number of rotatable bonds is 5. The molecule has 0 aliphatic carbocycles. The molecule has 0 aromatic heterocycles. The number of benzene rings is 1. The van der Waals surface area contributed by atoms with Crippen LogP contribution in [0.3, 0.4) is 0 Å². The van der Waals surface area contributed by atoms with Crippen LogP contribution in [0.2, 0.25) is 0 Å². The molecule has 0 bridgehead atoms. The fraction of sp³-hybridized carbons (Fsp3) is 0.696. The summed E-state index contributed by atoms with van der Waals surface area (Å²) in [6.45, 7) is 7.08. The maximum atomic E-state index is 5.60. The summed E-state index contributed by atoms with van der Waals surface area (Å²) in [7, 11) is 1.93. The minimum Gasteiger partial charge on any atom is -0.379 e. The summed E-state index contributed by atoms with van der Waals surface area (Å²) in [5.41, 5.74) is 1.73. The highest BCUT2D eigenvalue weighted by Gasteiger charge is 2.41. The van der Waals surface area contributed by atoms with E-state index in [4.69, 9.17) is 4.74 Å². The molecular formula is C23H37IN4OS. The highest BCUT2D eigenvalue weighted by Crippen LogP contribution is 2.33. The average molecular weight is 545 g/mol. The predicted octanol–water partition coefficient (Wildman–Crippen LogP) is 3.34. The molecule has 0 amide bonds. The van der Waals surface area contributed by atoms with Gasteiger partial charge in [-0.3, -0.25) is 9.89 Å². The standard InChI is InChI=1S/C23H36N4OS.HI/c1-24-22(25-18-23(9-16-29-19-23)27-12-14-28-15-13-27)26-10-7-21(8-11-26)17-20-5-3-2-4-6-20;/h2-6,21H,7-19H2,1H3,(H,24,25);1H. The van der Waals surface area contributed by atoms with Crippen LogP contribution in [0, 0.1) is 5.92 Å². The van der Waals surface area contributed by atoms with E-state index in [9.17, 15) is 0 Å². The van der Waals surface area contributed by atoms with E-state index in [1.807, 2.05) is 7.05 Å². The summed E-state index contributed by atoms with van der Waals surface area (Å²) in [5.74, 6) is 4.36. The van der Waals surface area contributed by atoms with E-state index >= 15 is 0 Å². The van der Waals surface area contributed by atoms with Crippen LogP contribution in [0.5, 0.6) is 0 Å². The van der Waals surface area contributed by atoms with E-state index < -0.39 is 0 Å². The predicted molar refractivity (Wildman–Crippen MR) is 138 cm³/mol. The molecule has 5 nitrogen and oxygen atoms in total. The first kappa shape index (κ1) is 24.1. The van der Waals surface area contributed by atoms with Gasteiger partial charge in [-0.2, -0.15) is 11.8 Å². The lowest BCUT2D eigenvalue weighted by Crippen LogP contribution is -2.60. The number of thioether (sulfide) groups is 1. The second kappa shape index (κ2) is 11.9. The van der Waals surface area contributed by atoms with Crippen molar-refractivity contribution in [2.75, 3.05) is 64.5 Å². The molecule has 0 saturated carbocycles. The maximum absolute atomic E-state index is 5.60. The Kier molecular flexibility index (Phi) is 9.60. The van der Waals surface area contributed by atoms with Crippen molar-refractivity contribution < 1.29 is 4.74 Å². The molecule has 3 heterocycles. The fourth-order valence-electron chi connectivity index (χ4n) is 5.01. The highest BCUT2D eigenvalue weighted by molar-refractivity contribution is 14.0. The number of hydrogen-bond acceptors (Lipinski definition) is 4. The average Bonchev–Trinajstić information content (AvgIpc) is 3.27. The molecule has 3 saturated heterocycles. The second-order valence-electron chi connectivity index (χ2n) is 8.65. The molecule has 1 atom stereocenters. The molecule has 168 valence electrons. The molecule has 3 fully saturated rings. The van der Waals surface area contributed by atoms with Gasteiger partial charge in [0.05, 0.1) is 13.2 Å². The number of nitrogens with zero attached hydrogens (tertiary/aromatic N) is 3. The first-order valence-electron chi connectivity index (χ1n) is 11.2. The van der Waals surface area contributed by atoms with Gasteiger partial charge in [0.2, 0.25) is 0 Å². The Balaban J connectivity index is 0.00000256. The van der Waals surface area contributed by atoms with Crippen molar-refractivity contribution in [2.24, 2.45) is 10.9 Å². The van der Waals surface area contributed by atoms with E-state index in [2.05, 4.69) is 62.2 Å². The van der Waals surface area contributed by atoms with Gasteiger partial charge < -0.3 is 15.0 Å². The Morgan fingerprint density at radius 2 is 1.90 bits per heavy atom. The number of piperidine rings is 1. The van der Waals surface area contributed by atoms with E-state index in [0.29, 0.717) is 0 Å². The molecule has 1 aromatic carbocycles. The summed E-state index contributed by atoms with van der Waals surface area (Å²) in [6.07, 6.45) is 4.97. The van der Waals surface area contributed by atoms with Crippen LogP contribution in [0.4, 0.5) is 0 Å². The maximum Gasteiger partial charge on any atom is 0.193 e. The molecule has 1 aromatic rings. The summed E-state index contributed by atoms with van der Waals surface area (Å²) < 4.78 is 5.60. The zero-order valence-corrected chi connectivity index (χ0v) is 21.4. The van der Waals surface area contributed by atoms with Gasteiger partial charge in [-0.25, -0.2) is 0 Å². The van der Waals surface area contributed by atoms with Gasteiger partial charge in [0.25, 0.3) is 0 Å². The van der Waals surface area contributed by atoms with Gasteiger partial charge in [-0.1, -0.05) is 30.3 Å². The minimum atomic E-state index is 0. The molecule has 7 heteroatoms. The SMILES string of the molecule is CN=C(NCC1(N2CCOCC2)CCSC1)N1CCC(Cc2ccccc2)CC1.I. The third kappa shape index (κ3) is 6.04. The zero-order chi connectivity index (χ0) is 19.9. The molecule has 4 rings (SSSR count). The monoisotopic (exact) mass is 544 g/mol. The van der Waals surface area contributed by atoms with Crippen LogP contribution in [0.15, 0.2) is 35.3 Å².